The predicted molar refractivity (Wildman–Crippen MR) is 86.7 cm³/mol. The third-order valence-electron chi connectivity index (χ3n) is 4.28. The van der Waals surface area contributed by atoms with Crippen LogP contribution in [0.25, 0.3) is 0 Å². The highest BCUT2D eigenvalue weighted by Crippen LogP contribution is 2.26. The number of hydrogen-bond donors (Lipinski definition) is 3. The first-order valence-corrected chi connectivity index (χ1v) is 8.23. The Bertz CT molecular complexity index is 465. The molecule has 0 aromatic carbocycles. The van der Waals surface area contributed by atoms with Gasteiger partial charge in [-0.15, -0.1) is 0 Å². The molecule has 1 saturated carbocycles. The van der Waals surface area contributed by atoms with Crippen LogP contribution in [0.3, 0.4) is 0 Å². The van der Waals surface area contributed by atoms with Crippen molar-refractivity contribution in [3.8, 4) is 0 Å². The number of urea groups is 1. The van der Waals surface area contributed by atoms with Crippen LogP contribution in [0.4, 0.5) is 4.79 Å². The maximum absolute atomic E-state index is 11.8. The summed E-state index contributed by atoms with van der Waals surface area (Å²) in [5, 5.41) is 16.1. The summed E-state index contributed by atoms with van der Waals surface area (Å²) in [5.74, 6) is 0. The molecule has 0 atom stereocenters. The van der Waals surface area contributed by atoms with Gasteiger partial charge in [0, 0.05) is 25.0 Å². The van der Waals surface area contributed by atoms with Gasteiger partial charge in [-0.05, 0) is 37.8 Å². The summed E-state index contributed by atoms with van der Waals surface area (Å²) in [6.45, 7) is 2.85. The number of carbonyl (C=O) groups is 1. The lowest BCUT2D eigenvalue weighted by Crippen LogP contribution is -2.46. The molecule has 5 nitrogen and oxygen atoms in total. The van der Waals surface area contributed by atoms with Gasteiger partial charge in [0.2, 0.25) is 0 Å². The van der Waals surface area contributed by atoms with E-state index in [1.54, 1.807) is 0 Å². The second kappa shape index (κ2) is 8.13. The van der Waals surface area contributed by atoms with Crippen molar-refractivity contribution in [2.75, 3.05) is 13.1 Å². The van der Waals surface area contributed by atoms with Gasteiger partial charge in [0.05, 0.1) is 5.60 Å². The van der Waals surface area contributed by atoms with E-state index in [1.807, 2.05) is 25.3 Å². The minimum Gasteiger partial charge on any atom is -0.388 e. The van der Waals surface area contributed by atoms with Gasteiger partial charge in [0.25, 0.3) is 0 Å². The molecule has 1 fully saturated rings. The zero-order chi connectivity index (χ0) is 15.8. The topological polar surface area (TPSA) is 74.2 Å². The summed E-state index contributed by atoms with van der Waals surface area (Å²) >= 11 is 0. The van der Waals surface area contributed by atoms with E-state index in [4.69, 9.17) is 0 Å². The molecule has 0 saturated heterocycles. The van der Waals surface area contributed by atoms with Gasteiger partial charge in [-0.2, -0.15) is 0 Å². The molecule has 0 radical (unpaired) electrons. The van der Waals surface area contributed by atoms with E-state index in [2.05, 4.69) is 15.6 Å². The van der Waals surface area contributed by atoms with Crippen LogP contribution in [0.5, 0.6) is 0 Å². The molecule has 2 rings (SSSR count). The molecule has 1 heterocycles. The summed E-state index contributed by atoms with van der Waals surface area (Å²) in [4.78, 5) is 16.0. The molecule has 0 unspecified atom stereocenters. The first-order chi connectivity index (χ1) is 10.6. The largest absolute Gasteiger partial charge is 0.388 e. The van der Waals surface area contributed by atoms with Crippen LogP contribution < -0.4 is 10.6 Å². The summed E-state index contributed by atoms with van der Waals surface area (Å²) in [7, 11) is 0. The van der Waals surface area contributed by atoms with Crippen LogP contribution >= 0.6 is 0 Å². The Morgan fingerprint density at radius 1 is 1.23 bits per heavy atom. The second-order valence-corrected chi connectivity index (χ2v) is 6.31. The van der Waals surface area contributed by atoms with Crippen LogP contribution in [0, 0.1) is 6.92 Å². The Hall–Kier alpha value is -1.62. The minimum absolute atomic E-state index is 0.210. The van der Waals surface area contributed by atoms with Crippen molar-refractivity contribution >= 4 is 6.03 Å². The average Bonchev–Trinajstić information content (AvgIpc) is 2.73. The number of aromatic nitrogens is 1. The molecule has 1 aliphatic carbocycles. The summed E-state index contributed by atoms with van der Waals surface area (Å²) in [5.41, 5.74) is 1.37. The third-order valence-corrected chi connectivity index (χ3v) is 4.28. The molecule has 0 spiro atoms. The smallest absolute Gasteiger partial charge is 0.314 e. The molecular weight excluding hydrogens is 278 g/mol. The number of aryl methyl sites for hydroxylation is 1. The lowest BCUT2D eigenvalue weighted by molar-refractivity contribution is 0.0277. The highest BCUT2D eigenvalue weighted by molar-refractivity contribution is 5.73. The van der Waals surface area contributed by atoms with E-state index in [9.17, 15) is 9.90 Å². The van der Waals surface area contributed by atoms with Gasteiger partial charge in [-0.3, -0.25) is 4.98 Å². The fraction of sp³-hybridized carbons (Fsp3) is 0.647. The van der Waals surface area contributed by atoms with Gasteiger partial charge in [-0.25, -0.2) is 4.79 Å². The van der Waals surface area contributed by atoms with Crippen LogP contribution in [0.1, 0.15) is 49.8 Å². The van der Waals surface area contributed by atoms with Crippen LogP contribution in [0.2, 0.25) is 0 Å². The van der Waals surface area contributed by atoms with Gasteiger partial charge >= 0.3 is 6.03 Å². The first-order valence-electron chi connectivity index (χ1n) is 8.23. The summed E-state index contributed by atoms with van der Waals surface area (Å²) < 4.78 is 0. The van der Waals surface area contributed by atoms with Crippen LogP contribution in [-0.2, 0) is 6.42 Å². The zero-order valence-electron chi connectivity index (χ0n) is 13.4. The number of pyridine rings is 1. The van der Waals surface area contributed by atoms with E-state index in [0.717, 1.165) is 43.4 Å². The Balaban J connectivity index is 1.66. The Labute approximate surface area is 132 Å². The van der Waals surface area contributed by atoms with Crippen molar-refractivity contribution in [1.82, 2.24) is 15.6 Å². The molecule has 122 valence electrons. The third kappa shape index (κ3) is 5.64. The van der Waals surface area contributed by atoms with E-state index < -0.39 is 5.60 Å². The fourth-order valence-electron chi connectivity index (χ4n) is 2.84. The number of carbonyl (C=O) groups excluding carboxylic acids is 1. The molecule has 1 aliphatic rings. The van der Waals surface area contributed by atoms with Crippen LogP contribution in [-0.4, -0.2) is 34.8 Å². The van der Waals surface area contributed by atoms with Crippen molar-refractivity contribution in [3.05, 3.63) is 29.6 Å². The van der Waals surface area contributed by atoms with Gasteiger partial charge in [0.15, 0.2) is 0 Å². The van der Waals surface area contributed by atoms with E-state index in [-0.39, 0.29) is 6.03 Å². The van der Waals surface area contributed by atoms with E-state index in [1.165, 1.54) is 12.8 Å². The zero-order valence-corrected chi connectivity index (χ0v) is 13.4. The number of nitrogens with one attached hydrogen (secondary N) is 2. The number of rotatable bonds is 5. The molecule has 0 bridgehead atoms. The van der Waals surface area contributed by atoms with Crippen molar-refractivity contribution in [3.63, 3.8) is 0 Å². The van der Waals surface area contributed by atoms with Crippen molar-refractivity contribution in [2.24, 2.45) is 0 Å². The molecule has 0 aliphatic heterocycles. The molecule has 1 aromatic heterocycles. The number of aliphatic hydroxyl groups is 1. The molecule has 22 heavy (non-hydrogen) atoms. The molecule has 2 amide bonds. The van der Waals surface area contributed by atoms with Crippen molar-refractivity contribution in [1.29, 1.82) is 0 Å². The van der Waals surface area contributed by atoms with E-state index in [0.29, 0.717) is 13.1 Å². The Morgan fingerprint density at radius 3 is 2.59 bits per heavy atom. The number of amides is 2. The monoisotopic (exact) mass is 305 g/mol. The van der Waals surface area contributed by atoms with Gasteiger partial charge in [0.1, 0.15) is 0 Å². The van der Waals surface area contributed by atoms with Gasteiger partial charge < -0.3 is 15.7 Å². The molecule has 3 N–H and O–H groups in total. The first kappa shape index (κ1) is 16.7. The summed E-state index contributed by atoms with van der Waals surface area (Å²) in [6.07, 6.45) is 8.59. The number of hydrogen-bond acceptors (Lipinski definition) is 3. The lowest BCUT2D eigenvalue weighted by atomic mass is 9.95. The quantitative estimate of drug-likeness (QED) is 0.731. The molecule has 5 heteroatoms. The average molecular weight is 305 g/mol. The van der Waals surface area contributed by atoms with E-state index >= 15 is 0 Å². The van der Waals surface area contributed by atoms with Crippen LogP contribution in [0.15, 0.2) is 18.3 Å². The second-order valence-electron chi connectivity index (χ2n) is 6.31. The normalized spacial score (nSPS) is 17.5. The SMILES string of the molecule is Cc1ccc(CCNC(=O)NCC2(O)CCCCCC2)cn1. The molecule has 1 aromatic rings. The fourth-order valence-corrected chi connectivity index (χ4v) is 2.84. The summed E-state index contributed by atoms with van der Waals surface area (Å²) in [6, 6.07) is 3.78. The van der Waals surface area contributed by atoms with Gasteiger partial charge in [-0.1, -0.05) is 31.7 Å². The standard InChI is InChI=1S/C17H27N3O2/c1-14-6-7-15(12-19-14)8-11-18-16(21)20-13-17(22)9-4-2-3-5-10-17/h6-7,12,22H,2-5,8-11,13H2,1H3,(H2,18,20,21). The van der Waals surface area contributed by atoms with Crippen molar-refractivity contribution < 1.29 is 9.90 Å². The number of nitrogens with zero attached hydrogens (tertiary/aromatic N) is 1. The maximum atomic E-state index is 11.8. The maximum Gasteiger partial charge on any atom is 0.314 e. The Kier molecular flexibility index (Phi) is 6.19. The molecular formula is C17H27N3O2. The Morgan fingerprint density at radius 2 is 1.95 bits per heavy atom. The highest BCUT2D eigenvalue weighted by atomic mass is 16.3. The van der Waals surface area contributed by atoms with Crippen molar-refractivity contribution in [2.45, 2.75) is 57.5 Å². The minimum atomic E-state index is -0.727. The highest BCUT2D eigenvalue weighted by Gasteiger charge is 2.28. The lowest BCUT2D eigenvalue weighted by Gasteiger charge is -2.26. The predicted octanol–water partition coefficient (Wildman–Crippen LogP) is 2.32.